The van der Waals surface area contributed by atoms with Crippen molar-refractivity contribution in [2.45, 2.75) is 144 Å². The molecule has 35 heavy (non-hydrogen) atoms. The smallest absolute Gasteiger partial charge is 0.302 e. The van der Waals surface area contributed by atoms with Gasteiger partial charge in [-0.15, -0.1) is 0 Å². The second-order valence-corrected chi connectivity index (χ2v) is 15.1. The van der Waals surface area contributed by atoms with Gasteiger partial charge in [-0.25, -0.2) is 0 Å². The highest BCUT2D eigenvalue weighted by molar-refractivity contribution is 5.66. The third-order valence-corrected chi connectivity index (χ3v) is 12.8. The summed E-state index contributed by atoms with van der Waals surface area (Å²) < 4.78 is 11.8. The van der Waals surface area contributed by atoms with E-state index in [0.29, 0.717) is 22.9 Å². The average Bonchev–Trinajstić information content (AvgIpc) is 3.26. The lowest BCUT2D eigenvalue weighted by Gasteiger charge is -2.62. The Hall–Kier alpha value is -0.830. The van der Waals surface area contributed by atoms with Gasteiger partial charge in [0.1, 0.15) is 6.10 Å². The van der Waals surface area contributed by atoms with Crippen LogP contribution >= 0.6 is 0 Å². The largest absolute Gasteiger partial charge is 0.462 e. The van der Waals surface area contributed by atoms with Crippen LogP contribution in [0.5, 0.6) is 0 Å². The number of allylic oxidation sites excluding steroid dienone is 2. The molecule has 8 atom stereocenters. The Balaban J connectivity index is 1.40. The van der Waals surface area contributed by atoms with Gasteiger partial charge >= 0.3 is 5.97 Å². The molecule has 0 aromatic carbocycles. The van der Waals surface area contributed by atoms with Gasteiger partial charge in [-0.1, -0.05) is 52.7 Å². The van der Waals surface area contributed by atoms with Crippen LogP contribution in [0.3, 0.4) is 0 Å². The van der Waals surface area contributed by atoms with Gasteiger partial charge < -0.3 is 9.47 Å². The maximum atomic E-state index is 11.8. The molecule has 0 unspecified atom stereocenters. The number of hydrogen-bond donors (Lipinski definition) is 0. The fourth-order valence-corrected chi connectivity index (χ4v) is 10.4. The van der Waals surface area contributed by atoms with E-state index in [1.807, 2.05) is 11.1 Å². The molecule has 5 aliphatic rings. The molecule has 1 saturated heterocycles. The van der Waals surface area contributed by atoms with Gasteiger partial charge in [-0.05, 0) is 112 Å². The van der Waals surface area contributed by atoms with E-state index in [9.17, 15) is 4.79 Å². The van der Waals surface area contributed by atoms with Gasteiger partial charge in [0.05, 0.1) is 11.7 Å². The summed E-state index contributed by atoms with van der Waals surface area (Å²) in [5.74, 6) is 2.07. The number of carbonyl (C=O) groups is 1. The highest BCUT2D eigenvalue weighted by Crippen LogP contribution is 2.72. The zero-order valence-electron chi connectivity index (χ0n) is 24.2. The number of hydrogen-bond acceptors (Lipinski definition) is 3. The summed E-state index contributed by atoms with van der Waals surface area (Å²) in [6, 6.07) is 0. The molecule has 1 heterocycles. The highest BCUT2D eigenvalue weighted by atomic mass is 16.6. The van der Waals surface area contributed by atoms with Crippen LogP contribution in [-0.4, -0.2) is 23.8 Å². The summed E-state index contributed by atoms with van der Waals surface area (Å²) in [5.41, 5.74) is 4.85. The van der Waals surface area contributed by atoms with Crippen LogP contribution in [-0.2, 0) is 14.3 Å². The minimum absolute atomic E-state index is 0.0320. The highest BCUT2D eigenvalue weighted by Gasteiger charge is 2.63. The normalized spacial score (nSPS) is 46.3. The van der Waals surface area contributed by atoms with Crippen molar-refractivity contribution < 1.29 is 14.3 Å². The van der Waals surface area contributed by atoms with Gasteiger partial charge in [-0.2, -0.15) is 0 Å². The van der Waals surface area contributed by atoms with E-state index in [1.54, 1.807) is 6.92 Å². The third-order valence-electron chi connectivity index (χ3n) is 12.8. The van der Waals surface area contributed by atoms with Crippen LogP contribution in [0.25, 0.3) is 0 Å². The summed E-state index contributed by atoms with van der Waals surface area (Å²) in [5, 5.41) is 0. The lowest BCUT2D eigenvalue weighted by atomic mass is 9.43. The second-order valence-electron chi connectivity index (χ2n) is 15.1. The van der Waals surface area contributed by atoms with Crippen LogP contribution < -0.4 is 0 Å². The molecule has 5 rings (SSSR count). The Morgan fingerprint density at radius 3 is 2.29 bits per heavy atom. The molecule has 198 valence electrons. The molecular formula is C32H52O3. The first-order valence-electron chi connectivity index (χ1n) is 14.7. The zero-order valence-corrected chi connectivity index (χ0v) is 24.2. The monoisotopic (exact) mass is 484 g/mol. The molecular weight excluding hydrogens is 432 g/mol. The lowest BCUT2D eigenvalue weighted by Crippen LogP contribution is -2.55. The minimum atomic E-state index is -0.119. The van der Waals surface area contributed by atoms with Gasteiger partial charge in [0.25, 0.3) is 0 Å². The number of rotatable bonds is 5. The fraction of sp³-hybridized carbons (Fsp3) is 0.906. The summed E-state index contributed by atoms with van der Waals surface area (Å²) in [7, 11) is 0. The first kappa shape index (κ1) is 25.8. The Labute approximate surface area is 215 Å². The maximum Gasteiger partial charge on any atom is 0.302 e. The van der Waals surface area contributed by atoms with E-state index in [4.69, 9.17) is 9.47 Å². The second kappa shape index (κ2) is 8.08. The van der Waals surface area contributed by atoms with Crippen molar-refractivity contribution in [1.82, 2.24) is 0 Å². The summed E-state index contributed by atoms with van der Waals surface area (Å²) in [4.78, 5) is 11.8. The van der Waals surface area contributed by atoms with Crippen molar-refractivity contribution in [2.75, 3.05) is 0 Å². The molecule has 0 spiro atoms. The predicted octanol–water partition coefficient (Wildman–Crippen LogP) is 8.26. The van der Waals surface area contributed by atoms with Crippen molar-refractivity contribution in [1.29, 1.82) is 0 Å². The van der Waals surface area contributed by atoms with Crippen LogP contribution in [0, 0.1) is 39.4 Å². The van der Waals surface area contributed by atoms with Crippen molar-refractivity contribution in [3.8, 4) is 0 Å². The standard InChI is InChI=1S/C32H52O3/c1-20(10-13-27-29(5,6)35-27)22-14-18-32(9)24-11-12-25-28(3,4)26(34-21(2)33)16-17-30(25,7)23(24)15-19-31(22,32)8/h20,22,25-27H,10-19H2,1-9H3/t20-,22-,25-,26-,27-,30-,31-,32+/m1/s1. The van der Waals surface area contributed by atoms with Gasteiger partial charge in [0.15, 0.2) is 0 Å². The van der Waals surface area contributed by atoms with E-state index >= 15 is 0 Å². The minimum Gasteiger partial charge on any atom is -0.462 e. The number of esters is 1. The molecule has 0 aromatic rings. The fourth-order valence-electron chi connectivity index (χ4n) is 10.4. The molecule has 1 aliphatic heterocycles. The number of fused-ring (bicyclic) bond motifs is 4. The molecule has 0 radical (unpaired) electrons. The molecule has 4 aliphatic carbocycles. The molecule has 0 bridgehead atoms. The SMILES string of the molecule is CC(=O)O[C@@H]1CC[C@]2(C)C3=C(CC[C@@H]2C1(C)C)[C@]1(C)CC[C@H]([C@H](C)CC[C@H]2OC2(C)C)[C@@]1(C)CC3. The maximum absolute atomic E-state index is 11.8. The Morgan fingerprint density at radius 2 is 1.66 bits per heavy atom. The first-order valence-corrected chi connectivity index (χ1v) is 14.7. The van der Waals surface area contributed by atoms with Crippen LogP contribution in [0.15, 0.2) is 11.1 Å². The number of ether oxygens (including phenoxy) is 2. The first-order chi connectivity index (χ1) is 16.2. The van der Waals surface area contributed by atoms with Crippen LogP contribution in [0.1, 0.15) is 127 Å². The molecule has 3 heteroatoms. The van der Waals surface area contributed by atoms with E-state index in [-0.39, 0.29) is 28.5 Å². The zero-order chi connectivity index (χ0) is 25.6. The molecule has 3 fully saturated rings. The predicted molar refractivity (Wildman–Crippen MR) is 142 cm³/mol. The van der Waals surface area contributed by atoms with Gasteiger partial charge in [0.2, 0.25) is 0 Å². The Bertz CT molecular complexity index is 914. The number of epoxide rings is 1. The van der Waals surface area contributed by atoms with E-state index < -0.39 is 0 Å². The topological polar surface area (TPSA) is 38.8 Å². The molecule has 3 nitrogen and oxygen atoms in total. The Morgan fingerprint density at radius 1 is 0.971 bits per heavy atom. The molecule has 0 N–H and O–H groups in total. The average molecular weight is 485 g/mol. The van der Waals surface area contributed by atoms with Gasteiger partial charge in [0, 0.05) is 12.3 Å². The summed E-state index contributed by atoms with van der Waals surface area (Å²) in [6.45, 7) is 21.2. The quantitative estimate of drug-likeness (QED) is 0.224. The molecule has 0 aromatic heterocycles. The van der Waals surface area contributed by atoms with Gasteiger partial charge in [-0.3, -0.25) is 4.79 Å². The van der Waals surface area contributed by atoms with Crippen LogP contribution in [0.4, 0.5) is 0 Å². The molecule has 2 saturated carbocycles. The molecule has 0 amide bonds. The van der Waals surface area contributed by atoms with E-state index in [1.165, 1.54) is 57.8 Å². The lowest BCUT2D eigenvalue weighted by molar-refractivity contribution is -0.167. The van der Waals surface area contributed by atoms with E-state index in [2.05, 4.69) is 55.4 Å². The van der Waals surface area contributed by atoms with Crippen molar-refractivity contribution in [3.63, 3.8) is 0 Å². The van der Waals surface area contributed by atoms with Crippen molar-refractivity contribution >= 4 is 5.97 Å². The summed E-state index contributed by atoms with van der Waals surface area (Å²) in [6.07, 6.45) is 13.1. The third kappa shape index (κ3) is 3.71. The Kier molecular flexibility index (Phi) is 5.96. The number of carbonyl (C=O) groups excluding carboxylic acids is 1. The van der Waals surface area contributed by atoms with Crippen molar-refractivity contribution in [2.24, 2.45) is 39.4 Å². The van der Waals surface area contributed by atoms with E-state index in [0.717, 1.165) is 18.3 Å². The van der Waals surface area contributed by atoms with Crippen molar-refractivity contribution in [3.05, 3.63) is 11.1 Å². The van der Waals surface area contributed by atoms with Crippen LogP contribution in [0.2, 0.25) is 0 Å². The summed E-state index contributed by atoms with van der Waals surface area (Å²) >= 11 is 0.